The van der Waals surface area contributed by atoms with E-state index in [2.05, 4.69) is 11.0 Å². The van der Waals surface area contributed by atoms with Crippen LogP contribution in [0.3, 0.4) is 0 Å². The zero-order valence-electron chi connectivity index (χ0n) is 17.7. The Bertz CT molecular complexity index is 1140. The maximum Gasteiger partial charge on any atom is 0.258 e. The molecule has 2 aliphatic rings. The predicted molar refractivity (Wildman–Crippen MR) is 123 cm³/mol. The van der Waals surface area contributed by atoms with Crippen molar-refractivity contribution >= 4 is 23.2 Å². The Balaban J connectivity index is 1.75. The van der Waals surface area contributed by atoms with Crippen LogP contribution in [0.15, 0.2) is 40.5 Å². The number of pyridine rings is 1. The first-order valence-corrected chi connectivity index (χ1v) is 11.2. The average molecular weight is 475 g/mol. The van der Waals surface area contributed by atoms with E-state index in [0.29, 0.717) is 33.5 Å². The van der Waals surface area contributed by atoms with E-state index >= 15 is 0 Å². The molecule has 0 amide bonds. The second kappa shape index (κ2) is 9.55. The van der Waals surface area contributed by atoms with E-state index < -0.39 is 5.92 Å². The van der Waals surface area contributed by atoms with Gasteiger partial charge < -0.3 is 19.8 Å². The van der Waals surface area contributed by atoms with Crippen molar-refractivity contribution in [3.05, 3.63) is 72.9 Å². The van der Waals surface area contributed by atoms with Crippen molar-refractivity contribution in [1.82, 2.24) is 9.47 Å². The number of fused-ring (bicyclic) bond motifs is 1. The van der Waals surface area contributed by atoms with Crippen LogP contribution >= 0.6 is 23.2 Å². The van der Waals surface area contributed by atoms with Gasteiger partial charge in [-0.25, -0.2) is 0 Å². The van der Waals surface area contributed by atoms with Crippen LogP contribution < -0.4 is 16.0 Å². The van der Waals surface area contributed by atoms with Crippen LogP contribution in [0.25, 0.3) is 0 Å². The summed E-state index contributed by atoms with van der Waals surface area (Å²) in [5.74, 6) is -0.525. The Hall–Kier alpha value is -2.50. The molecule has 168 valence electrons. The zero-order valence-corrected chi connectivity index (χ0v) is 19.2. The molecule has 0 spiro atoms. The second-order valence-corrected chi connectivity index (χ2v) is 8.70. The van der Waals surface area contributed by atoms with E-state index in [1.165, 1.54) is 0 Å². The number of nitriles is 1. The van der Waals surface area contributed by atoms with Gasteiger partial charge in [0.25, 0.3) is 5.56 Å². The van der Waals surface area contributed by atoms with E-state index in [0.717, 1.165) is 45.0 Å². The van der Waals surface area contributed by atoms with Crippen molar-refractivity contribution in [2.24, 2.45) is 5.73 Å². The summed E-state index contributed by atoms with van der Waals surface area (Å²) in [6, 6.07) is 8.95. The summed E-state index contributed by atoms with van der Waals surface area (Å²) in [6.07, 6.45) is 0.807. The second-order valence-electron chi connectivity index (χ2n) is 7.89. The lowest BCUT2D eigenvalue weighted by molar-refractivity contribution is 0.0369. The third-order valence-corrected chi connectivity index (χ3v) is 6.60. The van der Waals surface area contributed by atoms with Crippen molar-refractivity contribution in [2.75, 3.05) is 32.8 Å². The van der Waals surface area contributed by atoms with Crippen LogP contribution in [-0.2, 0) is 11.3 Å². The molecule has 9 heteroatoms. The Kier molecular flexibility index (Phi) is 6.77. The van der Waals surface area contributed by atoms with Crippen molar-refractivity contribution in [1.29, 1.82) is 5.26 Å². The van der Waals surface area contributed by atoms with E-state index in [9.17, 15) is 10.1 Å². The van der Waals surface area contributed by atoms with Gasteiger partial charge in [0, 0.05) is 53.5 Å². The highest BCUT2D eigenvalue weighted by molar-refractivity contribution is 6.36. The molecule has 1 aromatic carbocycles. The quantitative estimate of drug-likeness (QED) is 0.713. The van der Waals surface area contributed by atoms with Crippen molar-refractivity contribution < 1.29 is 9.47 Å². The van der Waals surface area contributed by atoms with Gasteiger partial charge in [0.15, 0.2) is 0 Å². The maximum atomic E-state index is 13.7. The molecule has 1 atom stereocenters. The molecule has 1 unspecified atom stereocenters. The van der Waals surface area contributed by atoms with Gasteiger partial charge in [-0.1, -0.05) is 29.3 Å². The number of nitrogens with zero attached hydrogens (tertiary/aromatic N) is 3. The summed E-state index contributed by atoms with van der Waals surface area (Å²) in [5.41, 5.74) is 7.50. The molecule has 0 radical (unpaired) electrons. The molecule has 0 saturated carbocycles. The number of aromatic nitrogens is 1. The highest BCUT2D eigenvalue weighted by Crippen LogP contribution is 2.45. The fraction of sp³-hybridized carbons (Fsp3) is 0.391. The number of allylic oxidation sites excluding steroid dienone is 1. The molecule has 2 aliphatic heterocycles. The predicted octanol–water partition coefficient (Wildman–Crippen LogP) is 3.40. The van der Waals surface area contributed by atoms with Crippen LogP contribution in [-0.4, -0.2) is 42.3 Å². The molecule has 1 aromatic heterocycles. The van der Waals surface area contributed by atoms with Crippen LogP contribution in [0.1, 0.15) is 29.2 Å². The minimum Gasteiger partial charge on any atom is -0.440 e. The summed E-state index contributed by atoms with van der Waals surface area (Å²) in [7, 11) is 0. The molecular weight excluding hydrogens is 451 g/mol. The lowest BCUT2D eigenvalue weighted by atomic mass is 9.84. The number of nitrogens with two attached hydrogens (primary N) is 1. The lowest BCUT2D eigenvalue weighted by Gasteiger charge is -2.29. The molecule has 7 nitrogen and oxygen atoms in total. The third kappa shape index (κ3) is 4.24. The maximum absolute atomic E-state index is 13.7. The van der Waals surface area contributed by atoms with Gasteiger partial charge in [-0.05, 0) is 25.5 Å². The molecule has 2 aromatic rings. The fourth-order valence-corrected chi connectivity index (χ4v) is 4.93. The van der Waals surface area contributed by atoms with E-state index in [1.807, 2.05) is 6.92 Å². The molecule has 0 aliphatic carbocycles. The Morgan fingerprint density at radius 2 is 1.88 bits per heavy atom. The molecule has 2 N–H and O–H groups in total. The molecular formula is C23H24Cl2N4O3. The average Bonchev–Trinajstić information content (AvgIpc) is 2.76. The number of benzene rings is 1. The zero-order chi connectivity index (χ0) is 22.8. The molecule has 0 bridgehead atoms. The number of hydrogen-bond acceptors (Lipinski definition) is 6. The molecule has 1 fully saturated rings. The van der Waals surface area contributed by atoms with Crippen LogP contribution in [0.4, 0.5) is 0 Å². The first-order valence-electron chi connectivity index (χ1n) is 10.5. The molecule has 3 heterocycles. The number of hydrogen-bond donors (Lipinski definition) is 1. The number of halogens is 2. The van der Waals surface area contributed by atoms with Gasteiger partial charge in [0.2, 0.25) is 5.88 Å². The normalized spacial score (nSPS) is 18.8. The number of aryl methyl sites for hydroxylation is 1. The first-order chi connectivity index (χ1) is 15.4. The Morgan fingerprint density at radius 1 is 1.19 bits per heavy atom. The minimum atomic E-state index is -0.802. The Labute approximate surface area is 196 Å². The fourth-order valence-electron chi connectivity index (χ4n) is 4.32. The van der Waals surface area contributed by atoms with E-state index in [-0.39, 0.29) is 17.0 Å². The summed E-state index contributed by atoms with van der Waals surface area (Å²) in [4.78, 5) is 16.0. The van der Waals surface area contributed by atoms with Crippen LogP contribution in [0.5, 0.6) is 5.75 Å². The summed E-state index contributed by atoms with van der Waals surface area (Å²) < 4.78 is 12.8. The summed E-state index contributed by atoms with van der Waals surface area (Å²) in [5, 5.41) is 10.5. The van der Waals surface area contributed by atoms with Gasteiger partial charge in [-0.15, -0.1) is 0 Å². The lowest BCUT2D eigenvalue weighted by Crippen LogP contribution is -2.38. The summed E-state index contributed by atoms with van der Waals surface area (Å²) in [6.45, 7) is 6.54. The number of rotatable bonds is 5. The van der Waals surface area contributed by atoms with Crippen molar-refractivity contribution in [2.45, 2.75) is 25.8 Å². The Morgan fingerprint density at radius 3 is 2.53 bits per heavy atom. The highest BCUT2D eigenvalue weighted by atomic mass is 35.5. The van der Waals surface area contributed by atoms with Gasteiger partial charge in [0.1, 0.15) is 17.4 Å². The first kappa shape index (κ1) is 22.7. The standard InChI is InChI=1S/C23H24Cl2N4O3/c1-14-12-18-21(23(30)29(14)7-3-6-28-8-10-31-11-9-28)19(15(13-26)22(27)32-18)20-16(24)4-2-5-17(20)25/h2,4-5,12,19H,3,6-11,27H2,1H3. The topological polar surface area (TPSA) is 93.5 Å². The smallest absolute Gasteiger partial charge is 0.258 e. The van der Waals surface area contributed by atoms with E-state index in [4.69, 9.17) is 38.4 Å². The molecule has 4 rings (SSSR count). The SMILES string of the molecule is Cc1cc2c(c(=O)n1CCCN1CCOCC1)C(c1c(Cl)cccc1Cl)C(C#N)=C(N)O2. The third-order valence-electron chi connectivity index (χ3n) is 5.94. The van der Waals surface area contributed by atoms with Crippen molar-refractivity contribution in [3.63, 3.8) is 0 Å². The van der Waals surface area contributed by atoms with Gasteiger partial charge >= 0.3 is 0 Å². The number of ether oxygens (including phenoxy) is 2. The highest BCUT2D eigenvalue weighted by Gasteiger charge is 2.36. The number of morpholine rings is 1. The van der Waals surface area contributed by atoms with Gasteiger partial charge in [-0.2, -0.15) is 5.26 Å². The van der Waals surface area contributed by atoms with E-state index in [1.54, 1.807) is 28.8 Å². The van der Waals surface area contributed by atoms with Crippen LogP contribution in [0, 0.1) is 18.3 Å². The molecule has 1 saturated heterocycles. The van der Waals surface area contributed by atoms with Gasteiger partial charge in [-0.3, -0.25) is 9.69 Å². The van der Waals surface area contributed by atoms with Crippen LogP contribution in [0.2, 0.25) is 10.0 Å². The van der Waals surface area contributed by atoms with Crippen molar-refractivity contribution in [3.8, 4) is 11.8 Å². The summed E-state index contributed by atoms with van der Waals surface area (Å²) >= 11 is 12.9. The van der Waals surface area contributed by atoms with Gasteiger partial charge in [0.05, 0.1) is 24.7 Å². The largest absolute Gasteiger partial charge is 0.440 e. The monoisotopic (exact) mass is 474 g/mol. The minimum absolute atomic E-state index is 0.0511. The molecule has 32 heavy (non-hydrogen) atoms.